The van der Waals surface area contributed by atoms with Gasteiger partial charge in [-0.15, -0.1) is 0 Å². The van der Waals surface area contributed by atoms with Gasteiger partial charge in [-0.25, -0.2) is 9.97 Å². The molecule has 0 atom stereocenters. The quantitative estimate of drug-likeness (QED) is 0.213. The normalized spacial score (nSPS) is 11.7. The highest BCUT2D eigenvalue weighted by molar-refractivity contribution is 6.76. The lowest BCUT2D eigenvalue weighted by Gasteiger charge is -2.14. The van der Waals surface area contributed by atoms with Crippen molar-refractivity contribution >= 4 is 8.07 Å². The molecular formula is C27H43N2Si. The number of hydrogen-bond donors (Lipinski definition) is 0. The monoisotopic (exact) mass is 423 g/mol. The molecule has 0 amide bonds. The molecular weight excluding hydrogens is 380 g/mol. The zero-order valence-corrected chi connectivity index (χ0v) is 21.0. The van der Waals surface area contributed by atoms with Crippen LogP contribution in [-0.4, -0.2) is 18.0 Å². The fraction of sp³-hybridized carbons (Fsp3) is 0.630. The average Bonchev–Trinajstić information content (AvgIpc) is 2.73. The van der Waals surface area contributed by atoms with E-state index >= 15 is 0 Å². The summed E-state index contributed by atoms with van der Waals surface area (Å²) in [5.41, 5.74) is 3.67. The Hall–Kier alpha value is -1.48. The van der Waals surface area contributed by atoms with E-state index in [-0.39, 0.29) is 0 Å². The second-order valence-corrected chi connectivity index (χ2v) is 15.6. The van der Waals surface area contributed by atoms with E-state index in [1.54, 1.807) is 0 Å². The van der Waals surface area contributed by atoms with Crippen LogP contribution in [0.5, 0.6) is 0 Å². The summed E-state index contributed by atoms with van der Waals surface area (Å²) in [5, 5.41) is 0. The van der Waals surface area contributed by atoms with Crippen LogP contribution >= 0.6 is 0 Å². The lowest BCUT2D eigenvalue weighted by Crippen LogP contribution is -2.18. The van der Waals surface area contributed by atoms with Gasteiger partial charge in [-0.3, -0.25) is 0 Å². The molecule has 0 fully saturated rings. The van der Waals surface area contributed by atoms with Gasteiger partial charge < -0.3 is 0 Å². The summed E-state index contributed by atoms with van der Waals surface area (Å²) >= 11 is 0. The summed E-state index contributed by atoms with van der Waals surface area (Å²) < 4.78 is 0. The molecule has 0 aliphatic rings. The van der Waals surface area contributed by atoms with Crippen molar-refractivity contribution in [2.24, 2.45) is 0 Å². The van der Waals surface area contributed by atoms with Gasteiger partial charge in [0.15, 0.2) is 5.82 Å². The van der Waals surface area contributed by atoms with Crippen molar-refractivity contribution in [3.05, 3.63) is 47.8 Å². The molecule has 1 aromatic heterocycles. The minimum Gasteiger partial charge on any atom is -0.236 e. The number of hydrogen-bond acceptors (Lipinski definition) is 2. The lowest BCUT2D eigenvalue weighted by atomic mass is 10.0. The number of rotatable bonds is 15. The van der Waals surface area contributed by atoms with Crippen molar-refractivity contribution in [2.45, 2.75) is 110 Å². The molecule has 0 saturated heterocycles. The third-order valence-electron chi connectivity index (χ3n) is 5.77. The third-order valence-corrected chi connectivity index (χ3v) is 7.62. The second kappa shape index (κ2) is 13.7. The summed E-state index contributed by atoms with van der Waals surface area (Å²) in [5.74, 6) is 0.840. The smallest absolute Gasteiger partial charge is 0.159 e. The third kappa shape index (κ3) is 10.5. The summed E-state index contributed by atoms with van der Waals surface area (Å²) in [6.07, 6.45) is 19.6. The molecule has 1 radical (unpaired) electrons. The van der Waals surface area contributed by atoms with Crippen LogP contribution in [-0.2, 0) is 12.8 Å². The standard InChI is InChI=1S/C27H43N2Si/c1-5-6-7-8-9-13-17-25-22-28-27(29-23-25)26-19-15-18-24(21-26)16-12-10-11-14-20-30(2,3)4/h15,19,21-23H,5-14,16-17,20H2,1-4H3. The van der Waals surface area contributed by atoms with Crippen molar-refractivity contribution in [3.8, 4) is 11.4 Å². The number of benzene rings is 1. The highest BCUT2D eigenvalue weighted by Gasteiger charge is 2.11. The summed E-state index contributed by atoms with van der Waals surface area (Å²) in [4.78, 5) is 9.28. The number of nitrogens with zero attached hydrogens (tertiary/aromatic N) is 2. The molecule has 0 aliphatic heterocycles. The van der Waals surface area contributed by atoms with E-state index in [9.17, 15) is 0 Å². The Labute approximate surface area is 187 Å². The number of unbranched alkanes of at least 4 members (excludes halogenated alkanes) is 8. The summed E-state index contributed by atoms with van der Waals surface area (Å²) in [7, 11) is -0.865. The maximum Gasteiger partial charge on any atom is 0.159 e. The van der Waals surface area contributed by atoms with E-state index in [1.807, 2.05) is 18.5 Å². The molecule has 0 unspecified atom stereocenters. The van der Waals surface area contributed by atoms with Crippen molar-refractivity contribution in [3.63, 3.8) is 0 Å². The molecule has 2 nitrogen and oxygen atoms in total. The Morgan fingerprint density at radius 3 is 2.13 bits per heavy atom. The maximum absolute atomic E-state index is 4.64. The van der Waals surface area contributed by atoms with Crippen LogP contribution in [0, 0.1) is 6.07 Å². The first-order valence-electron chi connectivity index (χ1n) is 12.3. The Balaban J connectivity index is 1.74. The molecule has 2 aromatic rings. The average molecular weight is 424 g/mol. The Morgan fingerprint density at radius 2 is 1.43 bits per heavy atom. The zero-order valence-electron chi connectivity index (χ0n) is 20.0. The first kappa shape index (κ1) is 24.8. The largest absolute Gasteiger partial charge is 0.236 e. The highest BCUT2D eigenvalue weighted by atomic mass is 28.3. The van der Waals surface area contributed by atoms with Crippen LogP contribution in [0.1, 0.15) is 82.3 Å². The second-order valence-electron chi connectivity index (χ2n) is 10.0. The maximum atomic E-state index is 4.64. The number of aryl methyl sites for hydroxylation is 2. The minimum absolute atomic E-state index is 0.840. The van der Waals surface area contributed by atoms with Gasteiger partial charge in [-0.05, 0) is 48.9 Å². The lowest BCUT2D eigenvalue weighted by molar-refractivity contribution is 0.607. The first-order chi connectivity index (χ1) is 14.5. The van der Waals surface area contributed by atoms with Crippen LogP contribution in [0.25, 0.3) is 11.4 Å². The molecule has 1 heterocycles. The van der Waals surface area contributed by atoms with E-state index in [0.29, 0.717) is 0 Å². The molecule has 3 heteroatoms. The predicted octanol–water partition coefficient (Wildman–Crippen LogP) is 8.29. The molecule has 0 saturated carbocycles. The summed E-state index contributed by atoms with van der Waals surface area (Å²) in [6.45, 7) is 9.67. The van der Waals surface area contributed by atoms with Crippen LogP contribution in [0.2, 0.25) is 25.7 Å². The zero-order chi connectivity index (χ0) is 21.7. The van der Waals surface area contributed by atoms with Crippen LogP contribution < -0.4 is 0 Å². The Morgan fingerprint density at radius 1 is 0.800 bits per heavy atom. The Kier molecular flexibility index (Phi) is 11.4. The topological polar surface area (TPSA) is 25.8 Å². The molecule has 2 rings (SSSR count). The molecule has 165 valence electrons. The fourth-order valence-electron chi connectivity index (χ4n) is 3.87. The molecule has 1 aromatic carbocycles. The molecule has 0 N–H and O–H groups in total. The van der Waals surface area contributed by atoms with Gasteiger partial charge in [-0.2, -0.15) is 0 Å². The van der Waals surface area contributed by atoms with Gasteiger partial charge in [0.05, 0.1) is 0 Å². The van der Waals surface area contributed by atoms with Crippen molar-refractivity contribution in [1.29, 1.82) is 0 Å². The molecule has 30 heavy (non-hydrogen) atoms. The van der Waals surface area contributed by atoms with Crippen LogP contribution in [0.3, 0.4) is 0 Å². The van der Waals surface area contributed by atoms with Crippen LogP contribution in [0.15, 0.2) is 30.6 Å². The fourth-order valence-corrected chi connectivity index (χ4v) is 5.18. The Bertz CT molecular complexity index is 704. The number of aromatic nitrogens is 2. The van der Waals surface area contributed by atoms with Gasteiger partial charge in [-0.1, -0.05) is 96.1 Å². The SMILES string of the molecule is CCCCCCCCc1cnc(-c2cc[c]c(CCCCCC[Si](C)(C)C)c2)nc1. The first-order valence-corrected chi connectivity index (χ1v) is 16.0. The van der Waals surface area contributed by atoms with E-state index in [0.717, 1.165) is 24.2 Å². The van der Waals surface area contributed by atoms with E-state index in [4.69, 9.17) is 0 Å². The van der Waals surface area contributed by atoms with Gasteiger partial charge in [0, 0.05) is 26.0 Å². The predicted molar refractivity (Wildman–Crippen MR) is 134 cm³/mol. The molecule has 0 aliphatic carbocycles. The minimum atomic E-state index is -0.865. The summed E-state index contributed by atoms with van der Waals surface area (Å²) in [6, 6.07) is 11.2. The van der Waals surface area contributed by atoms with E-state index in [2.05, 4.69) is 54.7 Å². The van der Waals surface area contributed by atoms with Gasteiger partial charge in [0.25, 0.3) is 0 Å². The van der Waals surface area contributed by atoms with Crippen LogP contribution in [0.4, 0.5) is 0 Å². The highest BCUT2D eigenvalue weighted by Crippen LogP contribution is 2.19. The van der Waals surface area contributed by atoms with Gasteiger partial charge in [0.2, 0.25) is 0 Å². The van der Waals surface area contributed by atoms with Crippen molar-refractivity contribution < 1.29 is 0 Å². The van der Waals surface area contributed by atoms with Gasteiger partial charge in [0.1, 0.15) is 0 Å². The van der Waals surface area contributed by atoms with Gasteiger partial charge >= 0.3 is 0 Å². The molecule has 0 spiro atoms. The molecule has 0 bridgehead atoms. The van der Waals surface area contributed by atoms with Crippen molar-refractivity contribution in [1.82, 2.24) is 9.97 Å². The van der Waals surface area contributed by atoms with Crippen molar-refractivity contribution in [2.75, 3.05) is 0 Å². The van der Waals surface area contributed by atoms with E-state index in [1.165, 1.54) is 81.4 Å². The van der Waals surface area contributed by atoms with E-state index < -0.39 is 8.07 Å².